The fourth-order valence-electron chi connectivity index (χ4n) is 4.25. The Morgan fingerprint density at radius 3 is 3.03 bits per heavy atom. The summed E-state index contributed by atoms with van der Waals surface area (Å²) < 4.78 is 17.1. The average molecular weight is 425 g/mol. The van der Waals surface area contributed by atoms with Crippen LogP contribution in [0.25, 0.3) is 0 Å². The molecule has 0 saturated heterocycles. The summed E-state index contributed by atoms with van der Waals surface area (Å²) in [5.41, 5.74) is 11.3. The number of anilines is 1. The fraction of sp³-hybridized carbons (Fsp3) is 0.300. The summed E-state index contributed by atoms with van der Waals surface area (Å²) in [5.74, 6) is 7.57. The lowest BCUT2D eigenvalue weighted by Gasteiger charge is -2.37. The first kappa shape index (κ1) is 19.4. The minimum absolute atomic E-state index is 0.168. The van der Waals surface area contributed by atoms with Gasteiger partial charge in [-0.15, -0.1) is 10.6 Å². The van der Waals surface area contributed by atoms with Crippen molar-refractivity contribution in [1.82, 2.24) is 21.4 Å². The smallest absolute Gasteiger partial charge is 0.265 e. The standard InChI is InChI=1S/C20H23N7O4/c1-26-7-6-11-9-14-17(31-10-30-14)18(29-2)15(11)16(26)19-23-24-25-27(19)13-5-3-4-12(8-13)20(28)22-21/h3-5,8-9,16,24-25H,6-7,10,21H2,1-2H3,(H,22,28)/t16-/m0/s1. The second-order valence-electron chi connectivity index (χ2n) is 7.40. The van der Waals surface area contributed by atoms with Crippen molar-refractivity contribution in [2.24, 2.45) is 10.9 Å². The van der Waals surface area contributed by atoms with Crippen molar-refractivity contribution >= 4 is 17.4 Å². The molecule has 0 saturated carbocycles. The van der Waals surface area contributed by atoms with Crippen molar-refractivity contribution in [1.29, 1.82) is 0 Å². The predicted molar refractivity (Wildman–Crippen MR) is 112 cm³/mol. The number of ether oxygens (including phenoxy) is 3. The van der Waals surface area contributed by atoms with Crippen molar-refractivity contribution < 1.29 is 19.0 Å². The number of benzene rings is 2. The lowest BCUT2D eigenvalue weighted by molar-refractivity contribution is 0.0953. The second-order valence-corrected chi connectivity index (χ2v) is 7.40. The molecule has 0 radical (unpaired) electrons. The molecule has 3 aliphatic heterocycles. The van der Waals surface area contributed by atoms with Crippen LogP contribution >= 0.6 is 0 Å². The number of nitrogens with two attached hydrogens (primary N) is 1. The summed E-state index contributed by atoms with van der Waals surface area (Å²) >= 11 is 0. The number of hydrazone groups is 1. The molecule has 162 valence electrons. The number of methoxy groups -OCH3 is 1. The SMILES string of the molecule is COc1c2c(cc3c1[C@@H](C1=NNNN1c1cccc(C(=O)NN)c1)N(C)CC3)OCO2. The first-order chi connectivity index (χ1) is 15.1. The van der Waals surface area contributed by atoms with E-state index in [1.54, 1.807) is 30.3 Å². The van der Waals surface area contributed by atoms with E-state index in [0.717, 1.165) is 29.8 Å². The molecule has 1 amide bonds. The maximum absolute atomic E-state index is 12.0. The number of fused-ring (bicyclic) bond motifs is 2. The van der Waals surface area contributed by atoms with Crippen LogP contribution in [0, 0.1) is 0 Å². The van der Waals surface area contributed by atoms with Crippen molar-refractivity contribution in [3.05, 3.63) is 47.0 Å². The number of rotatable bonds is 4. The van der Waals surface area contributed by atoms with E-state index in [9.17, 15) is 4.79 Å². The van der Waals surface area contributed by atoms with Gasteiger partial charge in [-0.2, -0.15) is 0 Å². The predicted octanol–water partition coefficient (Wildman–Crippen LogP) is 0.399. The lowest BCUT2D eigenvalue weighted by Crippen LogP contribution is -2.48. The Labute approximate surface area is 178 Å². The molecule has 0 aliphatic carbocycles. The summed E-state index contributed by atoms with van der Waals surface area (Å²) in [6.07, 6.45) is 0.843. The molecular weight excluding hydrogens is 402 g/mol. The van der Waals surface area contributed by atoms with E-state index in [4.69, 9.17) is 20.1 Å². The van der Waals surface area contributed by atoms with Crippen LogP contribution in [0.1, 0.15) is 27.5 Å². The molecule has 2 aromatic rings. The van der Waals surface area contributed by atoms with Crippen molar-refractivity contribution in [2.45, 2.75) is 12.5 Å². The van der Waals surface area contributed by atoms with Gasteiger partial charge in [0.25, 0.3) is 5.91 Å². The van der Waals surface area contributed by atoms with Gasteiger partial charge in [-0.25, -0.2) is 16.4 Å². The zero-order valence-corrected chi connectivity index (χ0v) is 17.1. The van der Waals surface area contributed by atoms with E-state index in [-0.39, 0.29) is 18.7 Å². The molecule has 1 atom stereocenters. The normalized spacial score (nSPS) is 19.5. The second kappa shape index (κ2) is 7.61. The highest BCUT2D eigenvalue weighted by Gasteiger charge is 2.40. The summed E-state index contributed by atoms with van der Waals surface area (Å²) in [5, 5.41) is 6.32. The number of likely N-dealkylation sites (N-methyl/N-ethyl adjacent to an activating group) is 1. The number of nitrogens with one attached hydrogen (secondary N) is 3. The van der Waals surface area contributed by atoms with Gasteiger partial charge in [0.1, 0.15) is 6.04 Å². The monoisotopic (exact) mass is 425 g/mol. The molecule has 5 N–H and O–H groups in total. The minimum Gasteiger partial charge on any atom is -0.492 e. The topological polar surface area (TPSA) is 126 Å². The van der Waals surface area contributed by atoms with E-state index >= 15 is 0 Å². The highest BCUT2D eigenvalue weighted by atomic mass is 16.7. The van der Waals surface area contributed by atoms with E-state index in [1.807, 2.05) is 19.2 Å². The molecule has 0 fully saturated rings. The fourth-order valence-corrected chi connectivity index (χ4v) is 4.25. The quantitative estimate of drug-likeness (QED) is 0.313. The van der Waals surface area contributed by atoms with Crippen LogP contribution in [0.15, 0.2) is 35.4 Å². The number of hydrogen-bond donors (Lipinski definition) is 4. The van der Waals surface area contributed by atoms with Gasteiger partial charge in [0.15, 0.2) is 17.3 Å². The molecule has 3 aliphatic rings. The average Bonchev–Trinajstić information content (AvgIpc) is 3.46. The van der Waals surface area contributed by atoms with Crippen molar-refractivity contribution in [3.63, 3.8) is 0 Å². The van der Waals surface area contributed by atoms with Gasteiger partial charge in [0.2, 0.25) is 12.5 Å². The minimum atomic E-state index is -0.373. The molecule has 31 heavy (non-hydrogen) atoms. The van der Waals surface area contributed by atoms with Crippen molar-refractivity contribution in [3.8, 4) is 17.2 Å². The molecule has 2 aromatic carbocycles. The van der Waals surface area contributed by atoms with Crippen LogP contribution in [0.4, 0.5) is 5.69 Å². The Balaban J connectivity index is 1.59. The third-order valence-electron chi connectivity index (χ3n) is 5.70. The zero-order valence-electron chi connectivity index (χ0n) is 17.1. The molecular formula is C20H23N7O4. The summed E-state index contributed by atoms with van der Waals surface area (Å²) in [6.45, 7) is 0.990. The number of carbonyl (C=O) groups excluding carboxylic acids is 1. The van der Waals surface area contributed by atoms with Crippen LogP contribution < -0.4 is 41.6 Å². The van der Waals surface area contributed by atoms with Crippen molar-refractivity contribution in [2.75, 3.05) is 32.5 Å². The number of nitrogens with zero attached hydrogens (tertiary/aromatic N) is 3. The first-order valence-corrected chi connectivity index (χ1v) is 9.81. The third-order valence-corrected chi connectivity index (χ3v) is 5.70. The van der Waals surface area contributed by atoms with Crippen LogP contribution in [-0.4, -0.2) is 44.1 Å². The van der Waals surface area contributed by atoms with Gasteiger partial charge < -0.3 is 14.2 Å². The van der Waals surface area contributed by atoms with Gasteiger partial charge in [0, 0.05) is 17.7 Å². The molecule has 3 heterocycles. The van der Waals surface area contributed by atoms with Crippen LogP contribution in [0.2, 0.25) is 0 Å². The largest absolute Gasteiger partial charge is 0.492 e. The molecule has 11 heteroatoms. The summed E-state index contributed by atoms with van der Waals surface area (Å²) in [4.78, 5) is 14.2. The number of carbonyl (C=O) groups is 1. The summed E-state index contributed by atoms with van der Waals surface area (Å²) in [7, 11) is 3.66. The first-order valence-electron chi connectivity index (χ1n) is 9.81. The molecule has 11 nitrogen and oxygen atoms in total. The van der Waals surface area contributed by atoms with Crippen LogP contribution in [-0.2, 0) is 6.42 Å². The Morgan fingerprint density at radius 1 is 1.35 bits per heavy atom. The molecule has 0 aromatic heterocycles. The van der Waals surface area contributed by atoms with E-state index in [1.165, 1.54) is 0 Å². The van der Waals surface area contributed by atoms with Gasteiger partial charge in [-0.3, -0.25) is 15.1 Å². The molecule has 0 spiro atoms. The van der Waals surface area contributed by atoms with Crippen LogP contribution in [0.5, 0.6) is 17.2 Å². The maximum atomic E-state index is 12.0. The highest BCUT2D eigenvalue weighted by Crippen LogP contribution is 2.50. The van der Waals surface area contributed by atoms with E-state index < -0.39 is 0 Å². The van der Waals surface area contributed by atoms with Gasteiger partial charge in [0.05, 0.1) is 12.8 Å². The Morgan fingerprint density at radius 2 is 2.23 bits per heavy atom. The maximum Gasteiger partial charge on any atom is 0.265 e. The third kappa shape index (κ3) is 3.10. The van der Waals surface area contributed by atoms with E-state index in [0.29, 0.717) is 28.6 Å². The number of amides is 1. The van der Waals surface area contributed by atoms with Gasteiger partial charge >= 0.3 is 0 Å². The molecule has 5 rings (SSSR count). The summed E-state index contributed by atoms with van der Waals surface area (Å²) in [6, 6.07) is 8.88. The Hall–Kier alpha value is -3.54. The number of amidine groups is 1. The lowest BCUT2D eigenvalue weighted by atomic mass is 9.90. The van der Waals surface area contributed by atoms with Crippen LogP contribution in [0.3, 0.4) is 0 Å². The Bertz CT molecular complexity index is 1070. The number of hydrogen-bond acceptors (Lipinski definition) is 10. The number of nitrogen functional groups attached to an aromatic ring is 1. The van der Waals surface area contributed by atoms with E-state index in [2.05, 4.69) is 26.5 Å². The molecule has 0 bridgehead atoms. The highest BCUT2D eigenvalue weighted by molar-refractivity contribution is 6.04. The molecule has 0 unspecified atom stereocenters. The number of hydrazine groups is 3. The zero-order chi connectivity index (χ0) is 21.5. The Kier molecular flexibility index (Phi) is 4.77. The van der Waals surface area contributed by atoms with Gasteiger partial charge in [-0.05, 0) is 43.3 Å². The van der Waals surface area contributed by atoms with Gasteiger partial charge in [-0.1, -0.05) is 6.07 Å².